The molecule has 0 saturated heterocycles. The van der Waals surface area contributed by atoms with Gasteiger partial charge in [0.1, 0.15) is 5.82 Å². The van der Waals surface area contributed by atoms with Crippen LogP contribution in [0.4, 0.5) is 4.39 Å². The summed E-state index contributed by atoms with van der Waals surface area (Å²) in [5.74, 6) is 0.349. The Morgan fingerprint density at radius 3 is 2.44 bits per heavy atom. The van der Waals surface area contributed by atoms with E-state index in [1.54, 1.807) is 12.1 Å². The van der Waals surface area contributed by atoms with Gasteiger partial charge in [-0.15, -0.1) is 0 Å². The molecule has 2 unspecified atom stereocenters. The highest BCUT2D eigenvalue weighted by Crippen LogP contribution is 2.40. The average molecular weight is 647 g/mol. The number of rotatable bonds is 9. The van der Waals surface area contributed by atoms with Crippen LogP contribution in [0.3, 0.4) is 0 Å². The number of sulfonamides is 1. The van der Waals surface area contributed by atoms with Gasteiger partial charge >= 0.3 is 0 Å². The van der Waals surface area contributed by atoms with Gasteiger partial charge in [-0.1, -0.05) is 59.6 Å². The van der Waals surface area contributed by atoms with E-state index in [-0.39, 0.29) is 45.7 Å². The zero-order valence-corrected chi connectivity index (χ0v) is 26.8. The normalized spacial score (nSPS) is 21.8. The summed E-state index contributed by atoms with van der Waals surface area (Å²) in [6.07, 6.45) is 4.50. The first-order valence-corrected chi connectivity index (χ1v) is 17.0. The molecule has 0 aromatic heterocycles. The highest BCUT2D eigenvalue weighted by atomic mass is 35.5. The Labute approximate surface area is 264 Å². The lowest BCUT2D eigenvalue weighted by atomic mass is 9.76. The summed E-state index contributed by atoms with van der Waals surface area (Å²) in [4.78, 5) is 15.6. The number of benzene rings is 3. The molecule has 1 saturated carbocycles. The van der Waals surface area contributed by atoms with Crippen LogP contribution in [0, 0.1) is 17.7 Å². The van der Waals surface area contributed by atoms with Gasteiger partial charge in [0.2, 0.25) is 15.9 Å². The molecule has 1 N–H and O–H groups in total. The van der Waals surface area contributed by atoms with Crippen LogP contribution in [0.25, 0.3) is 0 Å². The maximum absolute atomic E-state index is 13.9. The number of amides is 1. The van der Waals surface area contributed by atoms with Crippen molar-refractivity contribution in [1.29, 1.82) is 0 Å². The molecule has 1 aliphatic heterocycles. The Morgan fingerprint density at radius 1 is 1.00 bits per heavy atom. The summed E-state index contributed by atoms with van der Waals surface area (Å²) in [7, 11) is 0.138. The van der Waals surface area contributed by atoms with Gasteiger partial charge in [-0.05, 0) is 105 Å². The third kappa shape index (κ3) is 7.26. The Bertz CT molecular complexity index is 1560. The van der Waals surface area contributed by atoms with E-state index in [0.29, 0.717) is 24.8 Å². The number of hydrogen-bond donors (Lipinski definition) is 1. The molecule has 43 heavy (non-hydrogen) atoms. The van der Waals surface area contributed by atoms with E-state index in [2.05, 4.69) is 10.2 Å². The van der Waals surface area contributed by atoms with Crippen molar-refractivity contribution in [2.75, 3.05) is 27.2 Å². The first kappa shape index (κ1) is 31.9. The lowest BCUT2D eigenvalue weighted by Gasteiger charge is -2.38. The monoisotopic (exact) mass is 645 g/mol. The highest BCUT2D eigenvalue weighted by Gasteiger charge is 2.38. The zero-order chi connectivity index (χ0) is 30.7. The second kappa shape index (κ2) is 13.7. The highest BCUT2D eigenvalue weighted by molar-refractivity contribution is 7.89. The minimum absolute atomic E-state index is 0.0230. The zero-order valence-electron chi connectivity index (χ0n) is 24.5. The Kier molecular flexibility index (Phi) is 10.1. The van der Waals surface area contributed by atoms with E-state index in [4.69, 9.17) is 23.2 Å². The molecular weight excluding hydrogens is 608 g/mol. The summed E-state index contributed by atoms with van der Waals surface area (Å²) in [6.45, 7) is 0.811. The molecule has 10 heteroatoms. The molecule has 1 aliphatic carbocycles. The molecule has 5 rings (SSSR count). The number of hydrogen-bond acceptors (Lipinski definition) is 4. The maximum Gasteiger partial charge on any atom is 0.243 e. The number of halogens is 3. The molecule has 1 heterocycles. The van der Waals surface area contributed by atoms with Crippen LogP contribution in [0.5, 0.6) is 0 Å². The molecule has 0 spiro atoms. The van der Waals surface area contributed by atoms with Crippen molar-refractivity contribution in [1.82, 2.24) is 14.5 Å². The van der Waals surface area contributed by atoms with Gasteiger partial charge in [-0.25, -0.2) is 12.8 Å². The third-order valence-corrected chi connectivity index (χ3v) is 11.6. The number of carbonyl (C=O) groups is 1. The average Bonchev–Trinajstić information content (AvgIpc) is 2.98. The van der Waals surface area contributed by atoms with Gasteiger partial charge in [0.25, 0.3) is 0 Å². The Morgan fingerprint density at radius 2 is 1.74 bits per heavy atom. The van der Waals surface area contributed by atoms with Crippen LogP contribution in [0.2, 0.25) is 10.0 Å². The van der Waals surface area contributed by atoms with Crippen molar-refractivity contribution in [2.24, 2.45) is 11.8 Å². The lowest BCUT2D eigenvalue weighted by molar-refractivity contribution is -0.122. The SMILES string of the molecule is CN(C)C(c1cccc(F)c1)C1CCC(CNC(=O)CC2c3ccccc3CCN2S(=O)(=O)c2ccc(Cl)c(Cl)c2)CC1. The van der Waals surface area contributed by atoms with Gasteiger partial charge < -0.3 is 10.2 Å². The molecule has 230 valence electrons. The van der Waals surface area contributed by atoms with Gasteiger partial charge in [-0.3, -0.25) is 4.79 Å². The molecular formula is C33H38Cl2FN3O3S. The van der Waals surface area contributed by atoms with Crippen molar-refractivity contribution in [2.45, 2.75) is 55.5 Å². The fraction of sp³-hybridized carbons (Fsp3) is 0.424. The van der Waals surface area contributed by atoms with Crippen LogP contribution in [-0.4, -0.2) is 50.7 Å². The van der Waals surface area contributed by atoms with Crippen molar-refractivity contribution in [3.63, 3.8) is 0 Å². The van der Waals surface area contributed by atoms with E-state index < -0.39 is 16.1 Å². The topological polar surface area (TPSA) is 69.7 Å². The van der Waals surface area contributed by atoms with Gasteiger partial charge in [0.05, 0.1) is 21.0 Å². The van der Waals surface area contributed by atoms with Crippen LogP contribution in [0.15, 0.2) is 71.6 Å². The molecule has 0 bridgehead atoms. The molecule has 0 radical (unpaired) electrons. The molecule has 1 amide bonds. The molecule has 3 aromatic carbocycles. The summed E-state index contributed by atoms with van der Waals surface area (Å²) < 4.78 is 42.9. The fourth-order valence-electron chi connectivity index (χ4n) is 6.80. The van der Waals surface area contributed by atoms with Crippen molar-refractivity contribution in [3.05, 3.63) is 99.3 Å². The number of carbonyl (C=O) groups excluding carboxylic acids is 1. The molecule has 6 nitrogen and oxygen atoms in total. The van der Waals surface area contributed by atoms with Crippen LogP contribution >= 0.6 is 23.2 Å². The summed E-state index contributed by atoms with van der Waals surface area (Å²) in [6, 6.07) is 18.4. The number of nitrogens with one attached hydrogen (secondary N) is 1. The predicted octanol–water partition coefficient (Wildman–Crippen LogP) is 7.04. The summed E-state index contributed by atoms with van der Waals surface area (Å²) in [5.41, 5.74) is 2.89. The van der Waals surface area contributed by atoms with Crippen molar-refractivity contribution < 1.29 is 17.6 Å². The smallest absolute Gasteiger partial charge is 0.243 e. The largest absolute Gasteiger partial charge is 0.356 e. The van der Waals surface area contributed by atoms with Gasteiger partial charge in [0, 0.05) is 25.6 Å². The fourth-order valence-corrected chi connectivity index (χ4v) is 8.79. The van der Waals surface area contributed by atoms with Crippen LogP contribution < -0.4 is 5.32 Å². The third-order valence-electron chi connectivity index (χ3n) is 8.91. The molecule has 3 aromatic rings. The second-order valence-corrected chi connectivity index (χ2v) is 14.6. The second-order valence-electron chi connectivity index (χ2n) is 11.9. The van der Waals surface area contributed by atoms with E-state index in [1.807, 2.05) is 44.4 Å². The summed E-state index contributed by atoms with van der Waals surface area (Å²) >= 11 is 12.2. The van der Waals surface area contributed by atoms with E-state index >= 15 is 0 Å². The molecule has 1 fully saturated rings. The minimum Gasteiger partial charge on any atom is -0.356 e. The van der Waals surface area contributed by atoms with Gasteiger partial charge in [-0.2, -0.15) is 4.31 Å². The number of nitrogens with zero attached hydrogens (tertiary/aromatic N) is 2. The van der Waals surface area contributed by atoms with E-state index in [1.165, 1.54) is 28.6 Å². The van der Waals surface area contributed by atoms with Crippen molar-refractivity contribution in [3.8, 4) is 0 Å². The van der Waals surface area contributed by atoms with Gasteiger partial charge in [0.15, 0.2) is 0 Å². The lowest BCUT2D eigenvalue weighted by Crippen LogP contribution is -2.42. The molecule has 2 atom stereocenters. The summed E-state index contributed by atoms with van der Waals surface area (Å²) in [5, 5.41) is 3.55. The van der Waals surface area contributed by atoms with Crippen molar-refractivity contribution >= 4 is 39.1 Å². The Hall–Kier alpha value is -2.49. The van der Waals surface area contributed by atoms with Crippen LogP contribution in [-0.2, 0) is 21.2 Å². The minimum atomic E-state index is -3.94. The van der Waals surface area contributed by atoms with Crippen LogP contribution in [0.1, 0.15) is 60.9 Å². The maximum atomic E-state index is 13.9. The van der Waals surface area contributed by atoms with E-state index in [9.17, 15) is 17.6 Å². The van der Waals surface area contributed by atoms with E-state index in [0.717, 1.165) is 42.4 Å². The predicted molar refractivity (Wildman–Crippen MR) is 169 cm³/mol. The first-order valence-electron chi connectivity index (χ1n) is 14.8. The molecule has 2 aliphatic rings. The quantitative estimate of drug-likeness (QED) is 0.271. The number of fused-ring (bicyclic) bond motifs is 1. The Balaban J connectivity index is 1.24. The first-order chi connectivity index (χ1) is 20.5. The standard InChI is InChI=1S/C33H38Cl2FN3O3S/c1-38(2)33(25-7-5-8-26(36)18-25)24-12-10-22(11-13-24)21-37-32(40)20-31-28-9-4-3-6-23(28)16-17-39(31)43(41,42)27-14-15-29(34)30(35)19-27/h3-9,14-15,18-19,22,24,31,33H,10-13,16-17,20-21H2,1-2H3,(H,37,40).